The van der Waals surface area contributed by atoms with E-state index in [1.54, 1.807) is 25.3 Å². The van der Waals surface area contributed by atoms with E-state index in [1.807, 2.05) is 20.8 Å². The molecule has 8 heteroatoms. The van der Waals surface area contributed by atoms with Crippen LogP contribution in [0.3, 0.4) is 0 Å². The zero-order valence-electron chi connectivity index (χ0n) is 14.4. The Bertz CT molecular complexity index is 514. The van der Waals surface area contributed by atoms with Crippen molar-refractivity contribution in [3.05, 3.63) is 29.8 Å². The maximum Gasteiger partial charge on any atom is 0.387 e. The van der Waals surface area contributed by atoms with Gasteiger partial charge < -0.3 is 20.1 Å². The third-order valence-electron chi connectivity index (χ3n) is 3.17. The van der Waals surface area contributed by atoms with Crippen LogP contribution in [0.25, 0.3) is 0 Å². The minimum atomic E-state index is -2.85. The van der Waals surface area contributed by atoms with Crippen LogP contribution >= 0.6 is 24.0 Å². The van der Waals surface area contributed by atoms with Gasteiger partial charge in [0.2, 0.25) is 0 Å². The molecule has 0 saturated carbocycles. The molecule has 0 aliphatic heterocycles. The van der Waals surface area contributed by atoms with E-state index in [2.05, 4.69) is 20.4 Å². The smallest absolute Gasteiger partial charge is 0.387 e. The Morgan fingerprint density at radius 3 is 2.50 bits per heavy atom. The molecule has 0 heterocycles. The van der Waals surface area contributed by atoms with Crippen LogP contribution in [-0.4, -0.2) is 38.4 Å². The number of ether oxygens (including phenoxy) is 2. The van der Waals surface area contributed by atoms with Crippen molar-refractivity contribution < 1.29 is 18.3 Å². The van der Waals surface area contributed by atoms with Gasteiger partial charge in [0.15, 0.2) is 5.96 Å². The number of hydrogen-bond acceptors (Lipinski definition) is 3. The first-order valence-electron chi connectivity index (χ1n) is 7.48. The van der Waals surface area contributed by atoms with E-state index in [4.69, 9.17) is 4.74 Å². The molecule has 0 unspecified atom stereocenters. The molecule has 2 N–H and O–H groups in total. The van der Waals surface area contributed by atoms with E-state index < -0.39 is 6.61 Å². The third kappa shape index (κ3) is 8.62. The van der Waals surface area contributed by atoms with Crippen LogP contribution in [0.15, 0.2) is 29.3 Å². The predicted molar refractivity (Wildman–Crippen MR) is 102 cm³/mol. The number of aliphatic imine (C=N–C) groups is 1. The number of para-hydroxylation sites is 1. The van der Waals surface area contributed by atoms with Gasteiger partial charge in [0.1, 0.15) is 5.75 Å². The van der Waals surface area contributed by atoms with Crippen molar-refractivity contribution in [2.75, 3.05) is 20.2 Å². The lowest BCUT2D eigenvalue weighted by atomic mass is 10.1. The van der Waals surface area contributed by atoms with E-state index in [1.165, 1.54) is 6.07 Å². The molecule has 0 amide bonds. The van der Waals surface area contributed by atoms with Crippen LogP contribution in [-0.2, 0) is 11.3 Å². The summed E-state index contributed by atoms with van der Waals surface area (Å²) in [5.41, 5.74) is 0.253. The summed E-state index contributed by atoms with van der Waals surface area (Å²) in [6.07, 6.45) is 0. The molecule has 0 spiro atoms. The molecule has 5 nitrogen and oxygen atoms in total. The van der Waals surface area contributed by atoms with Gasteiger partial charge in [-0.2, -0.15) is 8.78 Å². The Morgan fingerprint density at radius 2 is 1.92 bits per heavy atom. The second-order valence-electron chi connectivity index (χ2n) is 5.50. The fourth-order valence-corrected chi connectivity index (χ4v) is 1.72. The highest BCUT2D eigenvalue weighted by atomic mass is 127. The second kappa shape index (κ2) is 11.4. The number of benzene rings is 1. The molecule has 1 aromatic carbocycles. The molecule has 0 radical (unpaired) electrons. The van der Waals surface area contributed by atoms with Crippen LogP contribution < -0.4 is 15.4 Å². The molecular weight excluding hydrogens is 431 g/mol. The highest BCUT2D eigenvalue weighted by Gasteiger charge is 2.16. The topological polar surface area (TPSA) is 54.9 Å². The fraction of sp³-hybridized carbons (Fsp3) is 0.562. The van der Waals surface area contributed by atoms with E-state index in [0.29, 0.717) is 24.6 Å². The minimum Gasteiger partial charge on any atom is -0.434 e. The number of nitrogens with zero attached hydrogens (tertiary/aromatic N) is 1. The number of methoxy groups -OCH3 is 1. The fourth-order valence-electron chi connectivity index (χ4n) is 1.72. The number of rotatable bonds is 8. The second-order valence-corrected chi connectivity index (χ2v) is 5.50. The van der Waals surface area contributed by atoms with E-state index in [0.717, 1.165) is 0 Å². The summed E-state index contributed by atoms with van der Waals surface area (Å²) < 4.78 is 34.7. The summed E-state index contributed by atoms with van der Waals surface area (Å²) in [6.45, 7) is 4.48. The number of guanidine groups is 1. The van der Waals surface area contributed by atoms with Crippen molar-refractivity contribution in [3.63, 3.8) is 0 Å². The van der Waals surface area contributed by atoms with Crippen molar-refractivity contribution in [1.29, 1.82) is 0 Å². The van der Waals surface area contributed by atoms with E-state index in [9.17, 15) is 8.78 Å². The molecule has 0 fully saturated rings. The predicted octanol–water partition coefficient (Wildman–Crippen LogP) is 3.39. The Balaban J connectivity index is 0.00000529. The van der Waals surface area contributed by atoms with Gasteiger partial charge in [0, 0.05) is 25.8 Å². The maximum atomic E-state index is 12.4. The molecule has 1 rings (SSSR count). The van der Waals surface area contributed by atoms with Gasteiger partial charge in [-0.05, 0) is 26.8 Å². The first-order valence-corrected chi connectivity index (χ1v) is 7.48. The normalized spacial score (nSPS) is 11.9. The van der Waals surface area contributed by atoms with Gasteiger partial charge in [-0.15, -0.1) is 24.0 Å². The first-order chi connectivity index (χ1) is 10.9. The third-order valence-corrected chi connectivity index (χ3v) is 3.17. The van der Waals surface area contributed by atoms with Crippen LogP contribution in [0.1, 0.15) is 26.3 Å². The van der Waals surface area contributed by atoms with Gasteiger partial charge >= 0.3 is 6.61 Å². The average Bonchev–Trinajstić information content (AvgIpc) is 2.51. The van der Waals surface area contributed by atoms with Crippen LogP contribution in [0, 0.1) is 0 Å². The van der Waals surface area contributed by atoms with Crippen molar-refractivity contribution in [2.24, 2.45) is 4.99 Å². The highest BCUT2D eigenvalue weighted by Crippen LogP contribution is 2.20. The molecule has 0 atom stereocenters. The minimum absolute atomic E-state index is 0. The van der Waals surface area contributed by atoms with Crippen LogP contribution in [0.4, 0.5) is 8.78 Å². The summed E-state index contributed by atoms with van der Waals surface area (Å²) in [4.78, 5) is 4.40. The Kier molecular flexibility index (Phi) is 10.9. The summed E-state index contributed by atoms with van der Waals surface area (Å²) >= 11 is 0. The number of alkyl halides is 2. The quantitative estimate of drug-likeness (QED) is 0.357. The van der Waals surface area contributed by atoms with E-state index >= 15 is 0 Å². The van der Waals surface area contributed by atoms with Gasteiger partial charge in [-0.3, -0.25) is 0 Å². The van der Waals surface area contributed by atoms with Crippen molar-refractivity contribution in [1.82, 2.24) is 10.6 Å². The molecule has 0 saturated heterocycles. The zero-order chi connectivity index (χ0) is 17.3. The summed E-state index contributed by atoms with van der Waals surface area (Å²) in [5, 5.41) is 6.27. The Labute approximate surface area is 159 Å². The average molecular weight is 457 g/mol. The van der Waals surface area contributed by atoms with Crippen LogP contribution in [0.2, 0.25) is 0 Å². The summed E-state index contributed by atoms with van der Waals surface area (Å²) in [7, 11) is 1.64. The largest absolute Gasteiger partial charge is 0.434 e. The van der Waals surface area contributed by atoms with Gasteiger partial charge in [0.25, 0.3) is 0 Å². The molecule has 0 bridgehead atoms. The van der Waals surface area contributed by atoms with Crippen LogP contribution in [0.5, 0.6) is 5.75 Å². The molecule has 24 heavy (non-hydrogen) atoms. The lowest BCUT2D eigenvalue weighted by molar-refractivity contribution is -0.0504. The highest BCUT2D eigenvalue weighted by molar-refractivity contribution is 14.0. The number of halogens is 3. The lowest BCUT2D eigenvalue weighted by Gasteiger charge is -2.24. The van der Waals surface area contributed by atoms with Gasteiger partial charge in [0.05, 0.1) is 12.1 Å². The Morgan fingerprint density at radius 1 is 1.25 bits per heavy atom. The summed E-state index contributed by atoms with van der Waals surface area (Å²) in [5.74, 6) is 0.726. The first kappa shape index (κ1) is 22.8. The standard InChI is InChI=1S/C16H25F2N3O2.HI/c1-5-19-15(21-11-16(2,3)22-4)20-10-12-8-6-7-9-13(12)23-14(17)18;/h6-9,14H,5,10-11H2,1-4H3,(H2,19,20,21);1H. The van der Waals surface area contributed by atoms with Crippen molar-refractivity contribution in [3.8, 4) is 5.75 Å². The maximum absolute atomic E-state index is 12.4. The molecule has 138 valence electrons. The lowest BCUT2D eigenvalue weighted by Crippen LogP contribution is -2.45. The summed E-state index contributed by atoms with van der Waals surface area (Å²) in [6, 6.07) is 6.63. The van der Waals surface area contributed by atoms with Crippen molar-refractivity contribution >= 4 is 29.9 Å². The van der Waals surface area contributed by atoms with E-state index in [-0.39, 0.29) is 41.9 Å². The van der Waals surface area contributed by atoms with Gasteiger partial charge in [-0.1, -0.05) is 18.2 Å². The molecule has 0 aromatic heterocycles. The SMILES string of the molecule is CCNC(=NCc1ccccc1OC(F)F)NCC(C)(C)OC.I. The number of hydrogen-bond donors (Lipinski definition) is 2. The molecule has 0 aliphatic rings. The zero-order valence-corrected chi connectivity index (χ0v) is 16.8. The monoisotopic (exact) mass is 457 g/mol. The molecular formula is C16H26F2IN3O2. The van der Waals surface area contributed by atoms with Gasteiger partial charge in [-0.25, -0.2) is 4.99 Å². The molecule has 1 aromatic rings. The Hall–Kier alpha value is -1.16. The van der Waals surface area contributed by atoms with Crippen molar-refractivity contribution in [2.45, 2.75) is 39.5 Å². The number of nitrogens with one attached hydrogen (secondary N) is 2. The molecule has 0 aliphatic carbocycles.